The summed E-state index contributed by atoms with van der Waals surface area (Å²) in [6.45, 7) is 4.87. The predicted octanol–water partition coefficient (Wildman–Crippen LogP) is 6.13. The van der Waals surface area contributed by atoms with Gasteiger partial charge in [-0.05, 0) is 35.4 Å². The van der Waals surface area contributed by atoms with Crippen molar-refractivity contribution in [3.8, 4) is 5.75 Å². The highest BCUT2D eigenvalue weighted by atomic mass is 16.5. The van der Waals surface area contributed by atoms with Crippen LogP contribution in [0.2, 0.25) is 0 Å². The number of hydrogen-bond donors (Lipinski definition) is 1. The number of nitrogens with one attached hydrogen (secondary N) is 1. The normalized spacial score (nSPS) is 11.0. The third-order valence-electron chi connectivity index (χ3n) is 5.00. The van der Waals surface area contributed by atoms with Gasteiger partial charge >= 0.3 is 0 Å². The summed E-state index contributed by atoms with van der Waals surface area (Å²) in [6, 6.07) is 23.4. The fourth-order valence-corrected chi connectivity index (χ4v) is 3.45. The van der Waals surface area contributed by atoms with Gasteiger partial charge in [0.25, 0.3) is 0 Å². The van der Waals surface area contributed by atoms with E-state index >= 15 is 0 Å². The second-order valence-electron chi connectivity index (χ2n) is 7.08. The van der Waals surface area contributed by atoms with Gasteiger partial charge in [0.05, 0.1) is 6.61 Å². The Morgan fingerprint density at radius 3 is 2.48 bits per heavy atom. The van der Waals surface area contributed by atoms with Gasteiger partial charge in [0, 0.05) is 18.5 Å². The molecule has 0 heterocycles. The third-order valence-corrected chi connectivity index (χ3v) is 5.00. The van der Waals surface area contributed by atoms with Gasteiger partial charge in [0.1, 0.15) is 5.75 Å². The highest BCUT2D eigenvalue weighted by Crippen LogP contribution is 2.28. The van der Waals surface area contributed by atoms with Crippen molar-refractivity contribution in [3.05, 3.63) is 77.9 Å². The van der Waals surface area contributed by atoms with Crippen LogP contribution in [0.1, 0.15) is 43.7 Å². The molecule has 0 atom stereocenters. The Morgan fingerprint density at radius 1 is 0.815 bits per heavy atom. The molecule has 2 nitrogen and oxygen atoms in total. The molecule has 3 rings (SSSR count). The largest absolute Gasteiger partial charge is 0.493 e. The van der Waals surface area contributed by atoms with Crippen LogP contribution in [0.4, 0.5) is 0 Å². The van der Waals surface area contributed by atoms with Crippen molar-refractivity contribution in [2.45, 2.75) is 45.6 Å². The molecule has 0 radical (unpaired) electrons. The summed E-state index contributed by atoms with van der Waals surface area (Å²) in [7, 11) is 0. The Balaban J connectivity index is 1.65. The zero-order valence-corrected chi connectivity index (χ0v) is 16.4. The number of hydrogen-bond acceptors (Lipinski definition) is 2. The fraction of sp³-hybridized carbons (Fsp3) is 0.360. The quantitative estimate of drug-likeness (QED) is 0.415. The van der Waals surface area contributed by atoms with Crippen molar-refractivity contribution in [3.63, 3.8) is 0 Å². The topological polar surface area (TPSA) is 21.3 Å². The maximum Gasteiger partial charge on any atom is 0.124 e. The lowest BCUT2D eigenvalue weighted by Gasteiger charge is -2.15. The van der Waals surface area contributed by atoms with Crippen molar-refractivity contribution >= 4 is 10.8 Å². The van der Waals surface area contributed by atoms with E-state index in [4.69, 9.17) is 4.74 Å². The maximum atomic E-state index is 6.20. The minimum Gasteiger partial charge on any atom is -0.493 e. The number of unbranched alkanes of at least 4 members (excludes halogenated alkanes) is 3. The van der Waals surface area contributed by atoms with Gasteiger partial charge in [-0.2, -0.15) is 0 Å². The Labute approximate surface area is 163 Å². The first-order chi connectivity index (χ1) is 13.4. The van der Waals surface area contributed by atoms with E-state index in [1.165, 1.54) is 47.6 Å². The summed E-state index contributed by atoms with van der Waals surface area (Å²) >= 11 is 0. The molecular weight excluding hydrogens is 330 g/mol. The lowest BCUT2D eigenvalue weighted by atomic mass is 10.0. The van der Waals surface area contributed by atoms with Crippen molar-refractivity contribution < 1.29 is 4.74 Å². The Kier molecular flexibility index (Phi) is 7.73. The van der Waals surface area contributed by atoms with Crippen LogP contribution in [0.25, 0.3) is 10.8 Å². The number of benzene rings is 3. The molecule has 3 aromatic carbocycles. The van der Waals surface area contributed by atoms with Gasteiger partial charge < -0.3 is 10.1 Å². The molecule has 0 aromatic heterocycles. The van der Waals surface area contributed by atoms with E-state index in [1.807, 2.05) is 0 Å². The molecule has 0 aliphatic carbocycles. The molecule has 1 N–H and O–H groups in total. The molecule has 0 aliphatic heterocycles. The van der Waals surface area contributed by atoms with E-state index in [1.54, 1.807) is 0 Å². The van der Waals surface area contributed by atoms with Crippen molar-refractivity contribution in [2.75, 3.05) is 13.2 Å². The summed E-state index contributed by atoms with van der Waals surface area (Å²) < 4.78 is 6.20. The van der Waals surface area contributed by atoms with Crippen LogP contribution in [0.5, 0.6) is 5.75 Å². The molecule has 0 saturated heterocycles. The minimum absolute atomic E-state index is 0.700. The maximum absolute atomic E-state index is 6.20. The van der Waals surface area contributed by atoms with Crippen LogP contribution >= 0.6 is 0 Å². The molecule has 0 fully saturated rings. The average molecular weight is 362 g/mol. The van der Waals surface area contributed by atoms with Gasteiger partial charge in [0.2, 0.25) is 0 Å². The zero-order valence-electron chi connectivity index (χ0n) is 16.4. The highest BCUT2D eigenvalue weighted by Gasteiger charge is 2.09. The summed E-state index contributed by atoms with van der Waals surface area (Å²) in [5, 5.41) is 6.18. The lowest BCUT2D eigenvalue weighted by Crippen LogP contribution is -2.16. The zero-order chi connectivity index (χ0) is 18.7. The summed E-state index contributed by atoms with van der Waals surface area (Å²) in [5.41, 5.74) is 2.59. The molecule has 27 heavy (non-hydrogen) atoms. The van der Waals surface area contributed by atoms with E-state index in [9.17, 15) is 0 Å². The molecule has 0 amide bonds. The highest BCUT2D eigenvalue weighted by molar-refractivity contribution is 5.87. The Bertz CT molecular complexity index is 813. The molecule has 0 aliphatic rings. The Hall–Kier alpha value is -2.32. The third kappa shape index (κ3) is 5.83. The Morgan fingerprint density at radius 2 is 1.63 bits per heavy atom. The van der Waals surface area contributed by atoms with E-state index in [2.05, 4.69) is 79.0 Å². The van der Waals surface area contributed by atoms with Crippen LogP contribution in [0.3, 0.4) is 0 Å². The monoisotopic (exact) mass is 361 g/mol. The molecule has 3 aromatic rings. The first-order valence-electron chi connectivity index (χ1n) is 10.3. The SMILES string of the molecule is CCCCCCNCc1c(OCCc2ccccc2)ccc2ccccc12. The molecule has 0 saturated carbocycles. The molecule has 0 unspecified atom stereocenters. The second-order valence-corrected chi connectivity index (χ2v) is 7.08. The molecule has 142 valence electrons. The van der Waals surface area contributed by atoms with Gasteiger partial charge in [-0.1, -0.05) is 86.8 Å². The molecular formula is C25H31NO. The van der Waals surface area contributed by atoms with Crippen LogP contribution in [-0.4, -0.2) is 13.2 Å². The smallest absolute Gasteiger partial charge is 0.124 e. The van der Waals surface area contributed by atoms with Crippen molar-refractivity contribution in [2.24, 2.45) is 0 Å². The minimum atomic E-state index is 0.700. The van der Waals surface area contributed by atoms with Gasteiger partial charge in [0.15, 0.2) is 0 Å². The van der Waals surface area contributed by atoms with Crippen molar-refractivity contribution in [1.82, 2.24) is 5.32 Å². The van der Waals surface area contributed by atoms with Crippen LogP contribution in [0.15, 0.2) is 66.7 Å². The molecule has 0 bridgehead atoms. The average Bonchev–Trinajstić information content (AvgIpc) is 2.72. The van der Waals surface area contributed by atoms with Gasteiger partial charge in [-0.15, -0.1) is 0 Å². The van der Waals surface area contributed by atoms with E-state index in [0.29, 0.717) is 6.61 Å². The summed E-state index contributed by atoms with van der Waals surface area (Å²) in [6.07, 6.45) is 6.08. The fourth-order valence-electron chi connectivity index (χ4n) is 3.45. The number of fused-ring (bicyclic) bond motifs is 1. The molecule has 2 heteroatoms. The van der Waals surface area contributed by atoms with E-state index in [-0.39, 0.29) is 0 Å². The number of ether oxygens (including phenoxy) is 1. The molecule has 0 spiro atoms. The van der Waals surface area contributed by atoms with Gasteiger partial charge in [-0.3, -0.25) is 0 Å². The lowest BCUT2D eigenvalue weighted by molar-refractivity contribution is 0.318. The van der Waals surface area contributed by atoms with Crippen molar-refractivity contribution in [1.29, 1.82) is 0 Å². The standard InChI is InChI=1S/C25H31NO/c1-2-3-4-10-18-26-20-24-23-14-9-8-13-22(23)15-16-25(24)27-19-17-21-11-6-5-7-12-21/h5-9,11-16,26H,2-4,10,17-20H2,1H3. The first kappa shape index (κ1) is 19.4. The second kappa shape index (κ2) is 10.7. The summed E-state index contributed by atoms with van der Waals surface area (Å²) in [5.74, 6) is 1.01. The summed E-state index contributed by atoms with van der Waals surface area (Å²) in [4.78, 5) is 0. The number of rotatable bonds is 11. The van der Waals surface area contributed by atoms with E-state index in [0.717, 1.165) is 25.3 Å². The van der Waals surface area contributed by atoms with Crippen LogP contribution in [-0.2, 0) is 13.0 Å². The van der Waals surface area contributed by atoms with Crippen LogP contribution < -0.4 is 10.1 Å². The van der Waals surface area contributed by atoms with Gasteiger partial charge in [-0.25, -0.2) is 0 Å². The first-order valence-corrected chi connectivity index (χ1v) is 10.3. The van der Waals surface area contributed by atoms with E-state index < -0.39 is 0 Å². The predicted molar refractivity (Wildman–Crippen MR) is 115 cm³/mol. The van der Waals surface area contributed by atoms with Crippen LogP contribution in [0, 0.1) is 0 Å².